The number of phenols is 1. The maximum absolute atomic E-state index is 10.4. The zero-order valence-corrected chi connectivity index (χ0v) is 12.3. The molecule has 4 heteroatoms. The molecule has 0 aromatic heterocycles. The smallest absolute Gasteiger partial charge is 0.141 e. The SMILES string of the molecule is Oc1c(Cl)cccc1C(O)NC1CCCc2ccccc21. The molecule has 0 radical (unpaired) electrons. The lowest BCUT2D eigenvalue weighted by Gasteiger charge is -2.29. The standard InChI is InChI=1S/C17H18ClNO2/c18-14-9-4-8-13(16(14)20)17(21)19-15-10-3-6-11-5-1-2-7-12(11)15/h1-2,4-5,7-9,15,17,19-21H,3,6,10H2. The number of aromatic hydroxyl groups is 1. The molecule has 0 spiro atoms. The number of aliphatic hydroxyl groups excluding tert-OH is 1. The molecule has 2 aromatic rings. The van der Waals surface area contributed by atoms with E-state index in [1.807, 2.05) is 12.1 Å². The first-order valence-corrected chi connectivity index (χ1v) is 7.54. The average Bonchev–Trinajstić information content (AvgIpc) is 2.50. The number of halogens is 1. The second-order valence-electron chi connectivity index (χ2n) is 5.39. The first-order chi connectivity index (χ1) is 10.2. The number of aryl methyl sites for hydroxylation is 1. The summed E-state index contributed by atoms with van der Waals surface area (Å²) in [6, 6.07) is 13.4. The summed E-state index contributed by atoms with van der Waals surface area (Å²) >= 11 is 5.89. The van der Waals surface area contributed by atoms with Crippen molar-refractivity contribution in [1.82, 2.24) is 5.32 Å². The van der Waals surface area contributed by atoms with Gasteiger partial charge in [0.25, 0.3) is 0 Å². The van der Waals surface area contributed by atoms with Gasteiger partial charge in [-0.1, -0.05) is 48.0 Å². The van der Waals surface area contributed by atoms with Crippen LogP contribution in [-0.4, -0.2) is 10.2 Å². The average molecular weight is 304 g/mol. The summed E-state index contributed by atoms with van der Waals surface area (Å²) in [4.78, 5) is 0. The maximum atomic E-state index is 10.4. The molecule has 0 bridgehead atoms. The fourth-order valence-electron chi connectivity index (χ4n) is 2.96. The van der Waals surface area contributed by atoms with Crippen LogP contribution in [0.4, 0.5) is 0 Å². The minimum absolute atomic E-state index is 0.0664. The van der Waals surface area contributed by atoms with E-state index in [-0.39, 0.29) is 16.8 Å². The zero-order valence-electron chi connectivity index (χ0n) is 11.6. The van der Waals surface area contributed by atoms with Crippen LogP contribution in [0.25, 0.3) is 0 Å². The van der Waals surface area contributed by atoms with Crippen molar-refractivity contribution in [3.8, 4) is 5.75 Å². The van der Waals surface area contributed by atoms with Crippen molar-refractivity contribution in [2.45, 2.75) is 31.5 Å². The highest BCUT2D eigenvalue weighted by atomic mass is 35.5. The van der Waals surface area contributed by atoms with Crippen molar-refractivity contribution in [3.05, 3.63) is 64.2 Å². The van der Waals surface area contributed by atoms with Gasteiger partial charge in [0.05, 0.1) is 5.02 Å². The fourth-order valence-corrected chi connectivity index (χ4v) is 3.14. The maximum Gasteiger partial charge on any atom is 0.141 e. The van der Waals surface area contributed by atoms with Crippen LogP contribution in [-0.2, 0) is 6.42 Å². The molecule has 0 fully saturated rings. The Bertz CT molecular complexity index is 644. The van der Waals surface area contributed by atoms with Crippen LogP contribution in [0.2, 0.25) is 5.02 Å². The molecule has 2 unspecified atom stereocenters. The van der Waals surface area contributed by atoms with E-state index >= 15 is 0 Å². The second-order valence-corrected chi connectivity index (χ2v) is 5.80. The molecule has 2 atom stereocenters. The molecule has 2 aromatic carbocycles. The Morgan fingerprint density at radius 1 is 1.14 bits per heavy atom. The molecular weight excluding hydrogens is 286 g/mol. The van der Waals surface area contributed by atoms with Crippen molar-refractivity contribution >= 4 is 11.6 Å². The van der Waals surface area contributed by atoms with Crippen LogP contribution in [0.3, 0.4) is 0 Å². The van der Waals surface area contributed by atoms with Crippen LogP contribution >= 0.6 is 11.6 Å². The number of hydrogen-bond acceptors (Lipinski definition) is 3. The molecule has 0 aliphatic heterocycles. The number of hydrogen-bond donors (Lipinski definition) is 3. The molecule has 0 saturated heterocycles. The number of benzene rings is 2. The number of phenolic OH excluding ortho intramolecular Hbond substituents is 1. The van der Waals surface area contributed by atoms with E-state index in [0.29, 0.717) is 5.56 Å². The summed E-state index contributed by atoms with van der Waals surface area (Å²) in [5.41, 5.74) is 2.96. The summed E-state index contributed by atoms with van der Waals surface area (Å²) < 4.78 is 0. The number of para-hydroxylation sites is 1. The molecule has 110 valence electrons. The van der Waals surface area contributed by atoms with E-state index in [0.717, 1.165) is 19.3 Å². The third-order valence-electron chi connectivity index (χ3n) is 4.04. The zero-order chi connectivity index (χ0) is 14.8. The Balaban J connectivity index is 1.83. The van der Waals surface area contributed by atoms with Gasteiger partial charge in [0.15, 0.2) is 0 Å². The van der Waals surface area contributed by atoms with E-state index in [4.69, 9.17) is 11.6 Å². The van der Waals surface area contributed by atoms with Gasteiger partial charge in [-0.15, -0.1) is 0 Å². The van der Waals surface area contributed by atoms with Crippen molar-refractivity contribution in [1.29, 1.82) is 0 Å². The van der Waals surface area contributed by atoms with Crippen LogP contribution in [0.5, 0.6) is 5.75 Å². The Kier molecular flexibility index (Phi) is 4.15. The van der Waals surface area contributed by atoms with E-state index in [1.54, 1.807) is 18.2 Å². The summed E-state index contributed by atoms with van der Waals surface area (Å²) in [5.74, 6) is -0.0664. The van der Waals surface area contributed by atoms with Gasteiger partial charge in [-0.2, -0.15) is 0 Å². The van der Waals surface area contributed by atoms with Gasteiger partial charge in [0.1, 0.15) is 12.0 Å². The second kappa shape index (κ2) is 6.06. The highest BCUT2D eigenvalue weighted by Gasteiger charge is 2.23. The molecule has 3 N–H and O–H groups in total. The van der Waals surface area contributed by atoms with Gasteiger partial charge in [-0.3, -0.25) is 5.32 Å². The minimum atomic E-state index is -0.945. The third-order valence-corrected chi connectivity index (χ3v) is 4.35. The van der Waals surface area contributed by atoms with Crippen LogP contribution in [0.15, 0.2) is 42.5 Å². The summed E-state index contributed by atoms with van der Waals surface area (Å²) in [5, 5.41) is 23.8. The van der Waals surface area contributed by atoms with Gasteiger partial charge in [0.2, 0.25) is 0 Å². The van der Waals surface area contributed by atoms with E-state index in [2.05, 4.69) is 17.4 Å². The molecule has 0 heterocycles. The minimum Gasteiger partial charge on any atom is -0.506 e. The van der Waals surface area contributed by atoms with Crippen molar-refractivity contribution in [2.75, 3.05) is 0 Å². The number of aliphatic hydroxyl groups is 1. The number of fused-ring (bicyclic) bond motifs is 1. The highest BCUT2D eigenvalue weighted by molar-refractivity contribution is 6.32. The molecular formula is C17H18ClNO2. The monoisotopic (exact) mass is 303 g/mol. The molecule has 3 nitrogen and oxygen atoms in total. The van der Waals surface area contributed by atoms with Crippen LogP contribution in [0.1, 0.15) is 41.8 Å². The lowest BCUT2D eigenvalue weighted by molar-refractivity contribution is 0.116. The Morgan fingerprint density at radius 2 is 1.95 bits per heavy atom. The molecule has 21 heavy (non-hydrogen) atoms. The molecule has 3 rings (SSSR count). The molecule has 0 amide bonds. The van der Waals surface area contributed by atoms with Gasteiger partial charge < -0.3 is 10.2 Å². The van der Waals surface area contributed by atoms with Gasteiger partial charge in [0, 0.05) is 11.6 Å². The van der Waals surface area contributed by atoms with Crippen molar-refractivity contribution < 1.29 is 10.2 Å². The molecule has 1 aliphatic rings. The van der Waals surface area contributed by atoms with Gasteiger partial charge >= 0.3 is 0 Å². The van der Waals surface area contributed by atoms with Crippen LogP contribution < -0.4 is 5.32 Å². The van der Waals surface area contributed by atoms with Gasteiger partial charge in [-0.25, -0.2) is 0 Å². The first kappa shape index (κ1) is 14.4. The summed E-state index contributed by atoms with van der Waals surface area (Å²) in [7, 11) is 0. The topological polar surface area (TPSA) is 52.5 Å². The number of rotatable bonds is 3. The quantitative estimate of drug-likeness (QED) is 0.758. The lowest BCUT2D eigenvalue weighted by atomic mass is 9.87. The fraction of sp³-hybridized carbons (Fsp3) is 0.294. The summed E-state index contributed by atoms with van der Waals surface area (Å²) in [6.07, 6.45) is 2.19. The molecule has 0 saturated carbocycles. The van der Waals surface area contributed by atoms with Crippen molar-refractivity contribution in [3.63, 3.8) is 0 Å². The van der Waals surface area contributed by atoms with E-state index in [1.165, 1.54) is 11.1 Å². The number of nitrogens with one attached hydrogen (secondary N) is 1. The third kappa shape index (κ3) is 2.91. The van der Waals surface area contributed by atoms with Crippen LogP contribution in [0, 0.1) is 0 Å². The van der Waals surface area contributed by atoms with E-state index in [9.17, 15) is 10.2 Å². The predicted octanol–water partition coefficient (Wildman–Crippen LogP) is 3.70. The molecule has 1 aliphatic carbocycles. The first-order valence-electron chi connectivity index (χ1n) is 7.16. The Labute approximate surface area is 129 Å². The Morgan fingerprint density at radius 3 is 2.81 bits per heavy atom. The predicted molar refractivity (Wildman–Crippen MR) is 83.3 cm³/mol. The van der Waals surface area contributed by atoms with Gasteiger partial charge in [-0.05, 0) is 36.5 Å². The van der Waals surface area contributed by atoms with Crippen molar-refractivity contribution in [2.24, 2.45) is 0 Å². The highest BCUT2D eigenvalue weighted by Crippen LogP contribution is 2.34. The van der Waals surface area contributed by atoms with E-state index < -0.39 is 6.23 Å². The largest absolute Gasteiger partial charge is 0.506 e. The Hall–Kier alpha value is -1.55. The lowest BCUT2D eigenvalue weighted by Crippen LogP contribution is -2.29. The summed E-state index contributed by atoms with van der Waals surface area (Å²) in [6.45, 7) is 0. The normalized spacial score (nSPS) is 19.0.